The molecule has 0 saturated heterocycles. The van der Waals surface area contributed by atoms with Crippen molar-refractivity contribution >= 4 is 22.9 Å². The number of hydrogen-bond donors (Lipinski definition) is 1. The van der Waals surface area contributed by atoms with E-state index < -0.39 is 0 Å². The van der Waals surface area contributed by atoms with Crippen LogP contribution in [0.2, 0.25) is 0 Å². The lowest BCUT2D eigenvalue weighted by atomic mass is 9.68. The molecule has 136 valence electrons. The van der Waals surface area contributed by atoms with Crippen LogP contribution >= 0.6 is 11.3 Å². The van der Waals surface area contributed by atoms with Crippen molar-refractivity contribution in [3.8, 4) is 0 Å². The lowest BCUT2D eigenvalue weighted by molar-refractivity contribution is -0.121. The molecule has 1 amide bonds. The molecule has 3 nitrogen and oxygen atoms in total. The van der Waals surface area contributed by atoms with Crippen LogP contribution in [0.4, 0.5) is 5.69 Å². The highest BCUT2D eigenvalue weighted by molar-refractivity contribution is 7.10. The van der Waals surface area contributed by atoms with Crippen LogP contribution in [0, 0.1) is 0 Å². The van der Waals surface area contributed by atoms with Gasteiger partial charge in [0.05, 0.1) is 5.41 Å². The molecule has 0 spiro atoms. The molecular formula is C22H26N2OS. The maximum atomic E-state index is 12.9. The Balaban J connectivity index is 1.23. The van der Waals surface area contributed by atoms with E-state index in [9.17, 15) is 4.79 Å². The van der Waals surface area contributed by atoms with Gasteiger partial charge in [-0.3, -0.25) is 9.69 Å². The zero-order valence-electron chi connectivity index (χ0n) is 15.2. The number of carbonyl (C=O) groups excluding carboxylic acids is 1. The van der Waals surface area contributed by atoms with E-state index >= 15 is 0 Å². The molecule has 2 aliphatic heterocycles. The Labute approximate surface area is 159 Å². The second kappa shape index (κ2) is 6.50. The van der Waals surface area contributed by atoms with Crippen LogP contribution in [0.3, 0.4) is 0 Å². The van der Waals surface area contributed by atoms with E-state index in [2.05, 4.69) is 39.9 Å². The Morgan fingerprint density at radius 3 is 3.08 bits per heavy atom. The number of anilines is 1. The van der Waals surface area contributed by atoms with Crippen molar-refractivity contribution in [2.75, 3.05) is 18.4 Å². The van der Waals surface area contributed by atoms with Crippen LogP contribution < -0.4 is 5.32 Å². The van der Waals surface area contributed by atoms with Gasteiger partial charge in [0.25, 0.3) is 0 Å². The summed E-state index contributed by atoms with van der Waals surface area (Å²) in [5.41, 5.74) is 5.09. The molecule has 5 rings (SSSR count). The van der Waals surface area contributed by atoms with Crippen LogP contribution in [0.1, 0.15) is 53.7 Å². The molecular weight excluding hydrogens is 340 g/mol. The van der Waals surface area contributed by atoms with Crippen molar-refractivity contribution in [2.24, 2.45) is 0 Å². The number of benzene rings is 1. The summed E-state index contributed by atoms with van der Waals surface area (Å²) in [5, 5.41) is 5.40. The molecule has 26 heavy (non-hydrogen) atoms. The van der Waals surface area contributed by atoms with Crippen LogP contribution in [-0.2, 0) is 29.6 Å². The van der Waals surface area contributed by atoms with Crippen molar-refractivity contribution in [3.63, 3.8) is 0 Å². The van der Waals surface area contributed by atoms with E-state index in [4.69, 9.17) is 0 Å². The highest BCUT2D eigenvalue weighted by Crippen LogP contribution is 2.49. The first-order valence-electron chi connectivity index (χ1n) is 9.98. The first kappa shape index (κ1) is 16.5. The maximum absolute atomic E-state index is 12.9. The lowest BCUT2D eigenvalue weighted by Crippen LogP contribution is -2.37. The number of nitrogens with zero attached hydrogens (tertiary/aromatic N) is 1. The van der Waals surface area contributed by atoms with Gasteiger partial charge in [-0.1, -0.05) is 18.6 Å². The van der Waals surface area contributed by atoms with Crippen LogP contribution in [0.5, 0.6) is 0 Å². The highest BCUT2D eigenvalue weighted by Gasteiger charge is 2.48. The minimum atomic E-state index is -0.243. The summed E-state index contributed by atoms with van der Waals surface area (Å²) in [6.45, 7) is 3.45. The number of unbranched alkanes of at least 4 members (excludes halogenated alkanes) is 1. The van der Waals surface area contributed by atoms with Crippen LogP contribution in [-0.4, -0.2) is 23.9 Å². The Morgan fingerprint density at radius 1 is 1.15 bits per heavy atom. The fraction of sp³-hybridized carbons (Fsp3) is 0.500. The topological polar surface area (TPSA) is 32.3 Å². The van der Waals surface area contributed by atoms with Gasteiger partial charge in [-0.25, -0.2) is 0 Å². The van der Waals surface area contributed by atoms with Gasteiger partial charge in [-0.05, 0) is 79.3 Å². The molecule has 0 bridgehead atoms. The summed E-state index contributed by atoms with van der Waals surface area (Å²) in [4.78, 5) is 17.0. The van der Waals surface area contributed by atoms with Gasteiger partial charge in [0.15, 0.2) is 0 Å². The molecule has 1 aromatic carbocycles. The quantitative estimate of drug-likeness (QED) is 0.790. The third-order valence-electron chi connectivity index (χ3n) is 6.58. The molecule has 1 aliphatic carbocycles. The molecule has 4 heteroatoms. The SMILES string of the molecule is O=C1Nc2cccc3c2C1(CCCCN1CCc2sccc2C1)CCC3. The number of carbonyl (C=O) groups is 1. The van der Waals surface area contributed by atoms with Crippen molar-refractivity contribution in [3.05, 3.63) is 51.2 Å². The average Bonchev–Trinajstić information content (AvgIpc) is 3.23. The first-order chi connectivity index (χ1) is 12.8. The van der Waals surface area contributed by atoms with E-state index in [0.717, 1.165) is 50.9 Å². The fourth-order valence-electron chi connectivity index (χ4n) is 5.28. The van der Waals surface area contributed by atoms with Gasteiger partial charge in [0.2, 0.25) is 5.91 Å². The van der Waals surface area contributed by atoms with E-state index in [-0.39, 0.29) is 11.3 Å². The Kier molecular flexibility index (Phi) is 4.13. The second-order valence-electron chi connectivity index (χ2n) is 8.08. The van der Waals surface area contributed by atoms with Crippen LogP contribution in [0.25, 0.3) is 0 Å². The fourth-order valence-corrected chi connectivity index (χ4v) is 6.17. The predicted molar refractivity (Wildman–Crippen MR) is 107 cm³/mol. The summed E-state index contributed by atoms with van der Waals surface area (Å²) in [5.74, 6) is 0.250. The molecule has 0 fully saturated rings. The number of thiophene rings is 1. The molecule has 1 unspecified atom stereocenters. The molecule has 0 radical (unpaired) electrons. The molecule has 2 aromatic rings. The smallest absolute Gasteiger partial charge is 0.235 e. The van der Waals surface area contributed by atoms with Gasteiger partial charge >= 0.3 is 0 Å². The predicted octanol–water partition coefficient (Wildman–Crippen LogP) is 4.50. The Hall–Kier alpha value is -1.65. The van der Waals surface area contributed by atoms with E-state index in [1.165, 1.54) is 36.1 Å². The zero-order valence-corrected chi connectivity index (χ0v) is 16.0. The summed E-state index contributed by atoms with van der Waals surface area (Å²) < 4.78 is 0. The number of fused-ring (bicyclic) bond motifs is 1. The Morgan fingerprint density at radius 2 is 2.12 bits per heavy atom. The monoisotopic (exact) mass is 366 g/mol. The van der Waals surface area contributed by atoms with Crippen molar-refractivity contribution in [1.29, 1.82) is 0 Å². The zero-order chi connectivity index (χ0) is 17.6. The molecule has 1 atom stereocenters. The highest BCUT2D eigenvalue weighted by atomic mass is 32.1. The maximum Gasteiger partial charge on any atom is 0.235 e. The summed E-state index contributed by atoms with van der Waals surface area (Å²) >= 11 is 1.91. The minimum absolute atomic E-state index is 0.243. The van der Waals surface area contributed by atoms with Gasteiger partial charge < -0.3 is 5.32 Å². The number of aryl methyl sites for hydroxylation is 1. The van der Waals surface area contributed by atoms with Gasteiger partial charge in [-0.15, -0.1) is 11.3 Å². The van der Waals surface area contributed by atoms with Crippen molar-refractivity contribution in [1.82, 2.24) is 4.90 Å². The standard InChI is InChI=1S/C22H26N2OS/c25-21-22(11-4-6-16-5-3-7-18(23-21)20(16)22)10-1-2-12-24-13-8-19-17(15-24)9-14-26-19/h3,5,7,9,14H,1-2,4,6,8,10-13,15H2,(H,23,25). The van der Waals surface area contributed by atoms with E-state index in [1.807, 2.05) is 11.3 Å². The average molecular weight is 367 g/mol. The number of nitrogens with one attached hydrogen (secondary N) is 1. The minimum Gasteiger partial charge on any atom is -0.325 e. The molecule has 1 aromatic heterocycles. The lowest BCUT2D eigenvalue weighted by Gasteiger charge is -2.33. The van der Waals surface area contributed by atoms with Gasteiger partial charge in [0.1, 0.15) is 0 Å². The van der Waals surface area contributed by atoms with Gasteiger partial charge in [-0.2, -0.15) is 0 Å². The summed E-state index contributed by atoms with van der Waals surface area (Å²) in [6.07, 6.45) is 7.80. The van der Waals surface area contributed by atoms with Crippen molar-refractivity contribution in [2.45, 2.75) is 56.9 Å². The van der Waals surface area contributed by atoms with Crippen molar-refractivity contribution < 1.29 is 4.79 Å². The third kappa shape index (κ3) is 2.62. The first-order valence-corrected chi connectivity index (χ1v) is 10.9. The Bertz CT molecular complexity index is 842. The second-order valence-corrected chi connectivity index (χ2v) is 9.08. The van der Waals surface area contributed by atoms with E-state index in [0.29, 0.717) is 0 Å². The van der Waals surface area contributed by atoms with Crippen LogP contribution in [0.15, 0.2) is 29.6 Å². The normalized spacial score (nSPS) is 24.2. The third-order valence-corrected chi connectivity index (χ3v) is 7.60. The summed E-state index contributed by atoms with van der Waals surface area (Å²) in [6, 6.07) is 8.68. The number of amides is 1. The molecule has 0 saturated carbocycles. The largest absolute Gasteiger partial charge is 0.325 e. The van der Waals surface area contributed by atoms with Gasteiger partial charge in [0, 0.05) is 23.7 Å². The number of hydrogen-bond acceptors (Lipinski definition) is 3. The molecule has 3 aliphatic rings. The van der Waals surface area contributed by atoms with E-state index in [1.54, 1.807) is 4.88 Å². The number of rotatable bonds is 5. The summed E-state index contributed by atoms with van der Waals surface area (Å²) in [7, 11) is 0. The molecule has 3 heterocycles. The molecule has 1 N–H and O–H groups in total.